The van der Waals surface area contributed by atoms with E-state index in [1.165, 1.54) is 45.2 Å². The van der Waals surface area contributed by atoms with Gasteiger partial charge in [-0.3, -0.25) is 0 Å². The molecule has 0 spiro atoms. The molecule has 2 heteroatoms. The normalized spacial score (nSPS) is 29.8. The second-order valence-electron chi connectivity index (χ2n) is 5.72. The van der Waals surface area contributed by atoms with Crippen molar-refractivity contribution in [2.45, 2.75) is 65.4 Å². The highest BCUT2D eigenvalue weighted by Crippen LogP contribution is 2.31. The van der Waals surface area contributed by atoms with Gasteiger partial charge in [-0.1, -0.05) is 27.2 Å². The van der Waals surface area contributed by atoms with Crippen LogP contribution in [-0.4, -0.2) is 35.7 Å². The predicted molar refractivity (Wildman–Crippen MR) is 74.2 cm³/mol. The summed E-state index contributed by atoms with van der Waals surface area (Å²) in [6.07, 6.45) is 7.17. The third-order valence-corrected chi connectivity index (χ3v) is 4.20. The van der Waals surface area contributed by atoms with Gasteiger partial charge in [0.25, 0.3) is 0 Å². The molecule has 1 rings (SSSR count). The Morgan fingerprint density at radius 1 is 1.06 bits per heavy atom. The van der Waals surface area contributed by atoms with Gasteiger partial charge < -0.3 is 10.0 Å². The molecule has 1 fully saturated rings. The van der Waals surface area contributed by atoms with E-state index in [9.17, 15) is 5.11 Å². The Kier molecular flexibility index (Phi) is 7.14. The van der Waals surface area contributed by atoms with E-state index in [1.54, 1.807) is 0 Å². The number of aliphatic hydroxyl groups is 1. The molecular formula is C15H31NO. The summed E-state index contributed by atoms with van der Waals surface area (Å²) in [5.41, 5.74) is 0. The van der Waals surface area contributed by atoms with E-state index in [1.807, 2.05) is 0 Å². The number of aliphatic hydroxyl groups excluding tert-OH is 1. The Balaban J connectivity index is 2.44. The fourth-order valence-corrected chi connectivity index (χ4v) is 3.17. The van der Waals surface area contributed by atoms with Crippen molar-refractivity contribution >= 4 is 0 Å². The third kappa shape index (κ3) is 4.97. The van der Waals surface area contributed by atoms with Crippen molar-refractivity contribution in [2.24, 2.45) is 11.8 Å². The molecule has 0 radical (unpaired) electrons. The van der Waals surface area contributed by atoms with Crippen LogP contribution in [0, 0.1) is 11.8 Å². The van der Waals surface area contributed by atoms with Gasteiger partial charge >= 0.3 is 0 Å². The fraction of sp³-hybridized carbons (Fsp3) is 1.00. The first-order chi connectivity index (χ1) is 8.21. The van der Waals surface area contributed by atoms with Crippen molar-refractivity contribution in [1.82, 2.24) is 4.90 Å². The molecule has 0 heterocycles. The van der Waals surface area contributed by atoms with Crippen LogP contribution in [0.1, 0.15) is 59.3 Å². The second kappa shape index (κ2) is 8.10. The molecule has 1 aliphatic carbocycles. The Hall–Kier alpha value is -0.0800. The van der Waals surface area contributed by atoms with Crippen LogP contribution >= 0.6 is 0 Å². The number of rotatable bonds is 7. The molecule has 0 bridgehead atoms. The summed E-state index contributed by atoms with van der Waals surface area (Å²) in [5.74, 6) is 1.38. The largest absolute Gasteiger partial charge is 0.393 e. The molecular weight excluding hydrogens is 210 g/mol. The summed E-state index contributed by atoms with van der Waals surface area (Å²) in [6, 6.07) is 0. The molecule has 0 amide bonds. The molecule has 0 aromatic heterocycles. The monoisotopic (exact) mass is 241 g/mol. The van der Waals surface area contributed by atoms with Gasteiger partial charge in [-0.15, -0.1) is 0 Å². The minimum Gasteiger partial charge on any atom is -0.393 e. The van der Waals surface area contributed by atoms with E-state index in [2.05, 4.69) is 25.7 Å². The molecule has 0 aromatic carbocycles. The van der Waals surface area contributed by atoms with E-state index >= 15 is 0 Å². The zero-order valence-electron chi connectivity index (χ0n) is 12.0. The van der Waals surface area contributed by atoms with Crippen LogP contribution in [-0.2, 0) is 0 Å². The lowest BCUT2D eigenvalue weighted by atomic mass is 9.78. The molecule has 17 heavy (non-hydrogen) atoms. The van der Waals surface area contributed by atoms with E-state index in [0.717, 1.165) is 18.9 Å². The van der Waals surface area contributed by atoms with Crippen molar-refractivity contribution in [3.8, 4) is 0 Å². The smallest absolute Gasteiger partial charge is 0.0580 e. The zero-order valence-corrected chi connectivity index (χ0v) is 12.0. The molecule has 0 aromatic rings. The van der Waals surface area contributed by atoms with E-state index < -0.39 is 0 Å². The highest BCUT2D eigenvalue weighted by molar-refractivity contribution is 4.81. The molecule has 3 atom stereocenters. The Morgan fingerprint density at radius 3 is 2.24 bits per heavy atom. The van der Waals surface area contributed by atoms with Gasteiger partial charge in [-0.05, 0) is 57.0 Å². The van der Waals surface area contributed by atoms with Crippen molar-refractivity contribution in [3.05, 3.63) is 0 Å². The standard InChI is InChI=1S/C15H31NO/c1-4-9-16(10-5-2)12-14-11-13(6-3)7-8-15(14)17/h13-15,17H,4-12H2,1-3H3. The SMILES string of the molecule is CCCN(CCC)CC1CC(CC)CCC1O. The highest BCUT2D eigenvalue weighted by atomic mass is 16.3. The molecule has 2 nitrogen and oxygen atoms in total. The Morgan fingerprint density at radius 2 is 1.71 bits per heavy atom. The van der Waals surface area contributed by atoms with Crippen molar-refractivity contribution < 1.29 is 5.11 Å². The van der Waals surface area contributed by atoms with Gasteiger partial charge in [0.2, 0.25) is 0 Å². The van der Waals surface area contributed by atoms with Gasteiger partial charge in [0.05, 0.1) is 6.10 Å². The molecule has 102 valence electrons. The van der Waals surface area contributed by atoms with Crippen molar-refractivity contribution in [1.29, 1.82) is 0 Å². The lowest BCUT2D eigenvalue weighted by molar-refractivity contribution is 0.0267. The minimum absolute atomic E-state index is 0.0472. The quantitative estimate of drug-likeness (QED) is 0.739. The summed E-state index contributed by atoms with van der Waals surface area (Å²) in [6.45, 7) is 10.3. The van der Waals surface area contributed by atoms with Crippen molar-refractivity contribution in [2.75, 3.05) is 19.6 Å². The third-order valence-electron chi connectivity index (χ3n) is 4.20. The van der Waals surface area contributed by atoms with Crippen LogP contribution in [0.15, 0.2) is 0 Å². The van der Waals surface area contributed by atoms with E-state index in [0.29, 0.717) is 5.92 Å². The lowest BCUT2D eigenvalue weighted by Gasteiger charge is -2.36. The maximum Gasteiger partial charge on any atom is 0.0580 e. The minimum atomic E-state index is -0.0472. The summed E-state index contributed by atoms with van der Waals surface area (Å²) in [4.78, 5) is 2.55. The van der Waals surface area contributed by atoms with Gasteiger partial charge in [0.15, 0.2) is 0 Å². The number of hydrogen-bond donors (Lipinski definition) is 1. The number of hydrogen-bond acceptors (Lipinski definition) is 2. The van der Waals surface area contributed by atoms with E-state index in [-0.39, 0.29) is 6.10 Å². The lowest BCUT2D eigenvalue weighted by Crippen LogP contribution is -2.39. The van der Waals surface area contributed by atoms with Crippen LogP contribution in [0.3, 0.4) is 0 Å². The van der Waals surface area contributed by atoms with Gasteiger partial charge in [-0.25, -0.2) is 0 Å². The average Bonchev–Trinajstić information content (AvgIpc) is 2.32. The molecule has 3 unspecified atom stereocenters. The Bertz CT molecular complexity index is 189. The van der Waals surface area contributed by atoms with Crippen LogP contribution < -0.4 is 0 Å². The first kappa shape index (κ1) is 15.0. The average molecular weight is 241 g/mol. The molecule has 1 N–H and O–H groups in total. The van der Waals surface area contributed by atoms with Crippen LogP contribution in [0.5, 0.6) is 0 Å². The summed E-state index contributed by atoms with van der Waals surface area (Å²) < 4.78 is 0. The first-order valence-corrected chi connectivity index (χ1v) is 7.61. The Labute approximate surface area is 107 Å². The summed E-state index contributed by atoms with van der Waals surface area (Å²) in [7, 11) is 0. The zero-order chi connectivity index (χ0) is 12.7. The van der Waals surface area contributed by atoms with E-state index in [4.69, 9.17) is 0 Å². The first-order valence-electron chi connectivity index (χ1n) is 7.61. The fourth-order valence-electron chi connectivity index (χ4n) is 3.17. The van der Waals surface area contributed by atoms with Crippen molar-refractivity contribution in [3.63, 3.8) is 0 Å². The molecule has 1 saturated carbocycles. The molecule has 1 aliphatic rings. The number of nitrogens with zero attached hydrogens (tertiary/aromatic N) is 1. The highest BCUT2D eigenvalue weighted by Gasteiger charge is 2.29. The van der Waals surface area contributed by atoms with Gasteiger partial charge in [0.1, 0.15) is 0 Å². The van der Waals surface area contributed by atoms with Gasteiger partial charge in [0, 0.05) is 6.54 Å². The van der Waals surface area contributed by atoms with Crippen LogP contribution in [0.2, 0.25) is 0 Å². The van der Waals surface area contributed by atoms with Gasteiger partial charge in [-0.2, -0.15) is 0 Å². The molecule has 0 saturated heterocycles. The summed E-state index contributed by atoms with van der Waals surface area (Å²) >= 11 is 0. The molecule has 0 aliphatic heterocycles. The van der Waals surface area contributed by atoms with Crippen LogP contribution in [0.4, 0.5) is 0 Å². The van der Waals surface area contributed by atoms with Crippen LogP contribution in [0.25, 0.3) is 0 Å². The second-order valence-corrected chi connectivity index (χ2v) is 5.72. The predicted octanol–water partition coefficient (Wildman–Crippen LogP) is 3.30. The maximum atomic E-state index is 10.1. The topological polar surface area (TPSA) is 23.5 Å². The summed E-state index contributed by atoms with van der Waals surface area (Å²) in [5, 5.41) is 10.1. The maximum absolute atomic E-state index is 10.1.